The van der Waals surface area contributed by atoms with E-state index in [9.17, 15) is 19.2 Å². The standard InChI is InChI=1S/C8H11NO8.Fe.Na.H/c9-3(1-2-4(10)11)8(16)17-5(6(12)13)7(14)15;;;/h3,5H,1-2,9H2,(H,10,11)(H,12,13)(H,14,15);;;/q;;+1;-1. The molecule has 0 heterocycles. The first-order valence-electron chi connectivity index (χ1n) is 4.39. The van der Waals surface area contributed by atoms with Crippen molar-refractivity contribution in [2.24, 2.45) is 5.73 Å². The summed E-state index contributed by atoms with van der Waals surface area (Å²) in [5.41, 5.74) is 5.19. The Bertz CT molecular complexity index is 341. The molecule has 0 radical (unpaired) electrons. The molecular weight excluding hydrogens is 317 g/mol. The van der Waals surface area contributed by atoms with Crippen LogP contribution in [0.5, 0.6) is 0 Å². The molecule has 5 N–H and O–H groups in total. The van der Waals surface area contributed by atoms with Gasteiger partial charge in [-0.25, -0.2) is 9.59 Å². The number of carbonyl (C=O) groups excluding carboxylic acids is 1. The third kappa shape index (κ3) is 9.88. The van der Waals surface area contributed by atoms with Crippen LogP contribution < -0.4 is 35.3 Å². The minimum atomic E-state index is -2.35. The molecule has 0 saturated carbocycles. The molecular formula is C8H12FeNNaO8. The van der Waals surface area contributed by atoms with Crippen molar-refractivity contribution in [1.82, 2.24) is 0 Å². The molecule has 0 aliphatic rings. The van der Waals surface area contributed by atoms with Crippen LogP contribution >= 0.6 is 0 Å². The molecule has 0 aromatic heterocycles. The van der Waals surface area contributed by atoms with Gasteiger partial charge in [-0.2, -0.15) is 0 Å². The van der Waals surface area contributed by atoms with E-state index in [0.29, 0.717) is 0 Å². The molecule has 1 unspecified atom stereocenters. The molecule has 19 heavy (non-hydrogen) atoms. The van der Waals surface area contributed by atoms with Crippen LogP contribution in [0.1, 0.15) is 14.3 Å². The minimum absolute atomic E-state index is 0. The molecule has 1 atom stereocenters. The molecule has 0 fully saturated rings. The summed E-state index contributed by atoms with van der Waals surface area (Å²) in [5, 5.41) is 25.1. The molecule has 0 saturated heterocycles. The summed E-state index contributed by atoms with van der Waals surface area (Å²) in [6, 6.07) is -1.38. The van der Waals surface area contributed by atoms with Crippen LogP contribution in [0.4, 0.5) is 0 Å². The van der Waals surface area contributed by atoms with Crippen molar-refractivity contribution in [3.8, 4) is 0 Å². The maximum Gasteiger partial charge on any atom is 1.00 e. The number of carboxylic acid groups (broad SMARTS) is 3. The number of hydrogen-bond acceptors (Lipinski definition) is 6. The molecule has 106 valence electrons. The Morgan fingerprint density at radius 3 is 1.84 bits per heavy atom. The van der Waals surface area contributed by atoms with Crippen molar-refractivity contribution in [1.29, 1.82) is 0 Å². The summed E-state index contributed by atoms with van der Waals surface area (Å²) < 4.78 is 4.11. The van der Waals surface area contributed by atoms with Crippen LogP contribution in [-0.2, 0) is 41.0 Å². The molecule has 0 aromatic rings. The van der Waals surface area contributed by atoms with Gasteiger partial charge in [-0.05, 0) is 6.42 Å². The van der Waals surface area contributed by atoms with Crippen molar-refractivity contribution in [3.63, 3.8) is 0 Å². The van der Waals surface area contributed by atoms with Crippen LogP contribution in [-0.4, -0.2) is 51.3 Å². The maximum atomic E-state index is 11.1. The third-order valence-corrected chi connectivity index (χ3v) is 1.65. The fourth-order valence-corrected chi connectivity index (χ4v) is 0.807. The number of rotatable bonds is 7. The molecule has 9 nitrogen and oxygen atoms in total. The molecule has 0 aromatic carbocycles. The van der Waals surface area contributed by atoms with Crippen LogP contribution in [0.2, 0.25) is 0 Å². The quantitative estimate of drug-likeness (QED) is 0.204. The van der Waals surface area contributed by atoms with Crippen molar-refractivity contribution in [2.75, 3.05) is 0 Å². The SMILES string of the molecule is NC(CCC(=O)O)C(=O)OC(C(=O)O)C(=O)O.[Fe].[H-].[Na+]. The van der Waals surface area contributed by atoms with E-state index in [1.54, 1.807) is 0 Å². The summed E-state index contributed by atoms with van der Waals surface area (Å²) in [6.45, 7) is 0. The summed E-state index contributed by atoms with van der Waals surface area (Å²) >= 11 is 0. The molecule has 11 heteroatoms. The number of ether oxygens (including phenoxy) is 1. The number of hydrogen-bond donors (Lipinski definition) is 4. The van der Waals surface area contributed by atoms with Crippen LogP contribution in [0.3, 0.4) is 0 Å². The monoisotopic (exact) mass is 329 g/mol. The Labute approximate surface area is 141 Å². The van der Waals surface area contributed by atoms with E-state index < -0.39 is 42.4 Å². The second kappa shape index (κ2) is 11.2. The number of nitrogens with two attached hydrogens (primary N) is 1. The van der Waals surface area contributed by atoms with Crippen molar-refractivity contribution in [2.45, 2.75) is 25.0 Å². The largest absolute Gasteiger partial charge is 1.00 e. The Kier molecular flexibility index (Phi) is 13.8. The van der Waals surface area contributed by atoms with E-state index in [1.807, 2.05) is 0 Å². The molecule has 0 aliphatic carbocycles. The summed E-state index contributed by atoms with van der Waals surface area (Å²) in [7, 11) is 0. The van der Waals surface area contributed by atoms with Gasteiger partial charge in [0.15, 0.2) is 0 Å². The minimum Gasteiger partial charge on any atom is -1.00 e. The van der Waals surface area contributed by atoms with Crippen molar-refractivity contribution in [3.05, 3.63) is 0 Å². The molecule has 0 amide bonds. The fourth-order valence-electron chi connectivity index (χ4n) is 0.807. The van der Waals surface area contributed by atoms with Gasteiger partial charge in [-0.15, -0.1) is 0 Å². The Balaban J connectivity index is -0.000000427. The smallest absolute Gasteiger partial charge is 1.00 e. The Morgan fingerprint density at radius 2 is 1.53 bits per heavy atom. The van der Waals surface area contributed by atoms with E-state index >= 15 is 0 Å². The van der Waals surface area contributed by atoms with E-state index in [0.717, 1.165) is 0 Å². The van der Waals surface area contributed by atoms with Gasteiger partial charge >= 0.3 is 53.4 Å². The van der Waals surface area contributed by atoms with E-state index in [2.05, 4.69) is 4.74 Å². The van der Waals surface area contributed by atoms with Gasteiger partial charge in [0.2, 0.25) is 0 Å². The maximum absolute atomic E-state index is 11.1. The van der Waals surface area contributed by atoms with E-state index in [-0.39, 0.29) is 54.5 Å². The average molecular weight is 329 g/mol. The average Bonchev–Trinajstić information content (AvgIpc) is 2.20. The van der Waals surface area contributed by atoms with E-state index in [4.69, 9.17) is 21.1 Å². The zero-order chi connectivity index (χ0) is 13.6. The molecule has 0 bridgehead atoms. The predicted octanol–water partition coefficient (Wildman–Crippen LogP) is -4.63. The van der Waals surface area contributed by atoms with E-state index in [1.165, 1.54) is 0 Å². The fraction of sp³-hybridized carbons (Fsp3) is 0.500. The number of carboxylic acids is 3. The van der Waals surface area contributed by atoms with Gasteiger partial charge in [-0.1, -0.05) is 0 Å². The summed E-state index contributed by atoms with van der Waals surface area (Å²) in [4.78, 5) is 42.0. The van der Waals surface area contributed by atoms with Crippen molar-refractivity contribution < 1.29 is 87.3 Å². The molecule has 0 rings (SSSR count). The Hall–Kier alpha value is -0.641. The Morgan fingerprint density at radius 1 is 1.11 bits per heavy atom. The topological polar surface area (TPSA) is 164 Å². The number of esters is 1. The molecule has 0 spiro atoms. The summed E-state index contributed by atoms with van der Waals surface area (Å²) in [6.07, 6.45) is -3.04. The van der Waals surface area contributed by atoms with Crippen LogP contribution in [0.15, 0.2) is 0 Å². The zero-order valence-electron chi connectivity index (χ0n) is 10.9. The first-order chi connectivity index (χ1) is 7.75. The van der Waals surface area contributed by atoms with Gasteiger partial charge < -0.3 is 27.2 Å². The van der Waals surface area contributed by atoms with Crippen molar-refractivity contribution >= 4 is 23.9 Å². The third-order valence-electron chi connectivity index (χ3n) is 1.65. The second-order valence-corrected chi connectivity index (χ2v) is 3.03. The van der Waals surface area contributed by atoms with Gasteiger partial charge in [0.25, 0.3) is 6.10 Å². The van der Waals surface area contributed by atoms with Gasteiger partial charge in [0.1, 0.15) is 6.04 Å². The first-order valence-corrected chi connectivity index (χ1v) is 4.39. The van der Waals surface area contributed by atoms with Crippen LogP contribution in [0.25, 0.3) is 0 Å². The summed E-state index contributed by atoms with van der Waals surface area (Å²) in [5.74, 6) is -6.17. The molecule has 0 aliphatic heterocycles. The van der Waals surface area contributed by atoms with Gasteiger partial charge in [0.05, 0.1) is 0 Å². The van der Waals surface area contributed by atoms with Gasteiger partial charge in [0, 0.05) is 23.5 Å². The van der Waals surface area contributed by atoms with Crippen LogP contribution in [0, 0.1) is 0 Å². The number of aliphatic carboxylic acids is 3. The normalized spacial score (nSPS) is 10.6. The number of carbonyl (C=O) groups is 4. The second-order valence-electron chi connectivity index (χ2n) is 3.03. The predicted molar refractivity (Wildman–Crippen MR) is 51.1 cm³/mol. The zero-order valence-corrected chi connectivity index (χ0v) is 13.0. The first kappa shape index (κ1) is 23.5. The van der Waals surface area contributed by atoms with Gasteiger partial charge in [-0.3, -0.25) is 9.59 Å².